The summed E-state index contributed by atoms with van der Waals surface area (Å²) in [5, 5.41) is 12.3. The Bertz CT molecular complexity index is 696. The van der Waals surface area contributed by atoms with Gasteiger partial charge in [0, 0.05) is 27.3 Å². The van der Waals surface area contributed by atoms with Crippen LogP contribution in [0.2, 0.25) is 10.0 Å². The van der Waals surface area contributed by atoms with Gasteiger partial charge >= 0.3 is 0 Å². The van der Waals surface area contributed by atoms with Crippen molar-refractivity contribution in [2.24, 2.45) is 5.41 Å². The zero-order chi connectivity index (χ0) is 17.7. The molecule has 2 aromatic carbocycles. The highest BCUT2D eigenvalue weighted by Crippen LogP contribution is 2.58. The van der Waals surface area contributed by atoms with Crippen molar-refractivity contribution in [3.05, 3.63) is 69.7 Å². The molecule has 0 spiro atoms. The molecule has 0 radical (unpaired) electrons. The predicted octanol–water partition coefficient (Wildman–Crippen LogP) is 5.22. The van der Waals surface area contributed by atoms with E-state index >= 15 is 0 Å². The van der Waals surface area contributed by atoms with E-state index in [1.165, 1.54) is 0 Å². The van der Waals surface area contributed by atoms with Crippen molar-refractivity contribution in [2.45, 2.75) is 38.2 Å². The van der Waals surface area contributed by atoms with Gasteiger partial charge in [0.2, 0.25) is 0 Å². The molecule has 0 bridgehead atoms. The fourth-order valence-electron chi connectivity index (χ4n) is 4.14. The van der Waals surface area contributed by atoms with E-state index in [4.69, 9.17) is 23.2 Å². The molecule has 24 heavy (non-hydrogen) atoms. The molecule has 0 aromatic heterocycles. The van der Waals surface area contributed by atoms with Gasteiger partial charge in [-0.3, -0.25) is 4.79 Å². The summed E-state index contributed by atoms with van der Waals surface area (Å²) in [5.74, 6) is -0.646. The molecule has 1 fully saturated rings. The highest BCUT2D eigenvalue weighted by atomic mass is 35.5. The van der Waals surface area contributed by atoms with Crippen molar-refractivity contribution in [3.63, 3.8) is 0 Å². The summed E-state index contributed by atoms with van der Waals surface area (Å²) in [4.78, 5) is 12.9. The van der Waals surface area contributed by atoms with Crippen LogP contribution in [0.25, 0.3) is 0 Å². The van der Waals surface area contributed by atoms with Gasteiger partial charge in [-0.25, -0.2) is 0 Å². The standard InChI is InChI=1S/C20H20Cl2O2/c1-19(2)16(12-4-8-14(21)9-5-12)17(20(3,24)18(19)23)13-6-10-15(22)11-7-13/h4-11,16-17,24H,1-3H3/t16-,17-,20-/m1/s1. The molecular formula is C20H20Cl2O2. The number of halogens is 2. The lowest BCUT2D eigenvalue weighted by Gasteiger charge is -2.31. The number of benzene rings is 2. The van der Waals surface area contributed by atoms with Gasteiger partial charge in [-0.05, 0) is 42.3 Å². The molecule has 3 atom stereocenters. The molecule has 2 nitrogen and oxygen atoms in total. The van der Waals surface area contributed by atoms with E-state index in [0.717, 1.165) is 11.1 Å². The summed E-state index contributed by atoms with van der Waals surface area (Å²) >= 11 is 12.0. The lowest BCUT2D eigenvalue weighted by Crippen LogP contribution is -2.38. The minimum Gasteiger partial charge on any atom is -0.382 e. The van der Waals surface area contributed by atoms with Gasteiger partial charge in [0.25, 0.3) is 0 Å². The Labute approximate surface area is 152 Å². The second-order valence-corrected chi connectivity index (χ2v) is 8.13. The van der Waals surface area contributed by atoms with Crippen molar-refractivity contribution in [3.8, 4) is 0 Å². The first-order chi connectivity index (χ1) is 11.2. The van der Waals surface area contributed by atoms with Crippen molar-refractivity contribution in [2.75, 3.05) is 0 Å². The average molecular weight is 363 g/mol. The lowest BCUT2D eigenvalue weighted by atomic mass is 9.72. The smallest absolute Gasteiger partial charge is 0.170 e. The molecular weight excluding hydrogens is 343 g/mol. The SMILES string of the molecule is CC1(C)C(=O)[C@](C)(O)[C@H](c2ccc(Cl)cc2)[C@H]1c1ccc(Cl)cc1. The van der Waals surface area contributed by atoms with Crippen LogP contribution in [-0.2, 0) is 4.79 Å². The molecule has 1 saturated carbocycles. The van der Waals surface area contributed by atoms with Crippen LogP contribution in [-0.4, -0.2) is 16.5 Å². The van der Waals surface area contributed by atoms with Gasteiger partial charge in [0.1, 0.15) is 5.60 Å². The highest BCUT2D eigenvalue weighted by Gasteiger charge is 2.61. The van der Waals surface area contributed by atoms with Crippen molar-refractivity contribution >= 4 is 29.0 Å². The van der Waals surface area contributed by atoms with Crippen LogP contribution in [0.5, 0.6) is 0 Å². The van der Waals surface area contributed by atoms with E-state index < -0.39 is 11.0 Å². The lowest BCUT2D eigenvalue weighted by molar-refractivity contribution is -0.138. The zero-order valence-electron chi connectivity index (χ0n) is 13.9. The summed E-state index contributed by atoms with van der Waals surface area (Å²) in [6.45, 7) is 5.42. The molecule has 1 N–H and O–H groups in total. The van der Waals surface area contributed by atoms with Crippen LogP contribution < -0.4 is 0 Å². The Morgan fingerprint density at radius 2 is 1.17 bits per heavy atom. The molecule has 0 amide bonds. The summed E-state index contributed by atoms with van der Waals surface area (Å²) in [6.07, 6.45) is 0. The quantitative estimate of drug-likeness (QED) is 0.794. The topological polar surface area (TPSA) is 37.3 Å². The van der Waals surface area contributed by atoms with E-state index in [1.54, 1.807) is 19.1 Å². The monoisotopic (exact) mass is 362 g/mol. The predicted molar refractivity (Wildman–Crippen MR) is 97.8 cm³/mol. The molecule has 0 aliphatic heterocycles. The van der Waals surface area contributed by atoms with Gasteiger partial charge in [-0.1, -0.05) is 61.3 Å². The molecule has 0 saturated heterocycles. The van der Waals surface area contributed by atoms with Crippen LogP contribution in [0.15, 0.2) is 48.5 Å². The third kappa shape index (κ3) is 2.67. The molecule has 3 rings (SSSR count). The Morgan fingerprint density at radius 3 is 1.58 bits per heavy atom. The van der Waals surface area contributed by atoms with Gasteiger partial charge in [-0.2, -0.15) is 0 Å². The summed E-state index contributed by atoms with van der Waals surface area (Å²) < 4.78 is 0. The number of rotatable bonds is 2. The molecule has 1 aliphatic rings. The molecule has 2 aromatic rings. The fourth-order valence-corrected chi connectivity index (χ4v) is 4.39. The van der Waals surface area contributed by atoms with E-state index in [1.807, 2.05) is 50.2 Å². The van der Waals surface area contributed by atoms with E-state index in [9.17, 15) is 9.90 Å². The fraction of sp³-hybridized carbons (Fsp3) is 0.350. The normalized spacial score (nSPS) is 29.0. The van der Waals surface area contributed by atoms with Crippen LogP contribution in [0.3, 0.4) is 0 Å². The first-order valence-electron chi connectivity index (χ1n) is 7.94. The van der Waals surface area contributed by atoms with E-state index in [2.05, 4.69) is 0 Å². The number of Topliss-reactive ketones (excluding diaryl/α,β-unsaturated/α-hetero) is 1. The largest absolute Gasteiger partial charge is 0.382 e. The van der Waals surface area contributed by atoms with Gasteiger partial charge in [0.05, 0.1) is 0 Å². The Kier molecular flexibility index (Phi) is 4.28. The second kappa shape index (κ2) is 5.87. The van der Waals surface area contributed by atoms with Gasteiger partial charge < -0.3 is 5.11 Å². The number of hydrogen-bond acceptors (Lipinski definition) is 2. The Morgan fingerprint density at radius 1 is 0.792 bits per heavy atom. The number of carbonyl (C=O) groups is 1. The molecule has 126 valence electrons. The Hall–Kier alpha value is -1.35. The highest BCUT2D eigenvalue weighted by molar-refractivity contribution is 6.30. The maximum absolute atomic E-state index is 12.9. The maximum atomic E-state index is 12.9. The first-order valence-corrected chi connectivity index (χ1v) is 8.69. The van der Waals surface area contributed by atoms with Crippen LogP contribution in [0.4, 0.5) is 0 Å². The van der Waals surface area contributed by atoms with Gasteiger partial charge in [-0.15, -0.1) is 0 Å². The zero-order valence-corrected chi connectivity index (χ0v) is 15.4. The average Bonchev–Trinajstić information content (AvgIpc) is 2.67. The third-order valence-corrected chi connectivity index (χ3v) is 5.72. The van der Waals surface area contributed by atoms with Crippen LogP contribution in [0, 0.1) is 5.41 Å². The molecule has 4 heteroatoms. The molecule has 0 heterocycles. The van der Waals surface area contributed by atoms with E-state index in [0.29, 0.717) is 10.0 Å². The second-order valence-electron chi connectivity index (χ2n) is 7.26. The van der Waals surface area contributed by atoms with Crippen LogP contribution >= 0.6 is 23.2 Å². The first kappa shape index (κ1) is 17.5. The maximum Gasteiger partial charge on any atom is 0.170 e. The minimum atomic E-state index is -1.44. The summed E-state index contributed by atoms with van der Waals surface area (Å²) in [7, 11) is 0. The van der Waals surface area contributed by atoms with Gasteiger partial charge in [0.15, 0.2) is 5.78 Å². The number of carbonyl (C=O) groups excluding carboxylic acids is 1. The number of hydrogen-bond donors (Lipinski definition) is 1. The number of aliphatic hydroxyl groups is 1. The van der Waals surface area contributed by atoms with Crippen molar-refractivity contribution < 1.29 is 9.90 Å². The summed E-state index contributed by atoms with van der Waals surface area (Å²) in [5.41, 5.74) is -0.234. The van der Waals surface area contributed by atoms with E-state index in [-0.39, 0.29) is 17.6 Å². The van der Waals surface area contributed by atoms with Crippen LogP contribution in [0.1, 0.15) is 43.7 Å². The van der Waals surface area contributed by atoms with Crippen molar-refractivity contribution in [1.29, 1.82) is 0 Å². The molecule has 1 aliphatic carbocycles. The Balaban J connectivity index is 2.19. The summed E-state index contributed by atoms with van der Waals surface area (Å²) in [6, 6.07) is 14.9. The van der Waals surface area contributed by atoms with Crippen molar-refractivity contribution in [1.82, 2.24) is 0 Å². The molecule has 0 unspecified atom stereocenters. The third-order valence-electron chi connectivity index (χ3n) is 5.22. The minimum absolute atomic E-state index is 0.144. The number of ketones is 1.